The van der Waals surface area contributed by atoms with Crippen molar-refractivity contribution in [2.45, 2.75) is 24.7 Å². The maximum Gasteiger partial charge on any atom is 0.272 e. The van der Waals surface area contributed by atoms with Crippen LogP contribution in [0.3, 0.4) is 0 Å². The highest BCUT2D eigenvalue weighted by Crippen LogP contribution is 2.22. The van der Waals surface area contributed by atoms with Crippen molar-refractivity contribution in [3.63, 3.8) is 0 Å². The van der Waals surface area contributed by atoms with E-state index in [1.165, 1.54) is 28.0 Å². The zero-order valence-electron chi connectivity index (χ0n) is 15.8. The topological polar surface area (TPSA) is 64.0 Å². The van der Waals surface area contributed by atoms with Gasteiger partial charge in [0.2, 0.25) is 5.91 Å². The van der Waals surface area contributed by atoms with Crippen LogP contribution < -0.4 is 10.9 Å². The summed E-state index contributed by atoms with van der Waals surface area (Å²) in [6.07, 6.45) is 0.756. The molecule has 1 aromatic carbocycles. The summed E-state index contributed by atoms with van der Waals surface area (Å²) in [6.45, 7) is 0.966. The van der Waals surface area contributed by atoms with Crippen LogP contribution in [0.5, 0.6) is 0 Å². The van der Waals surface area contributed by atoms with Gasteiger partial charge in [0.05, 0.1) is 11.3 Å². The summed E-state index contributed by atoms with van der Waals surface area (Å²) in [5.74, 6) is 0.0775. The quantitative estimate of drug-likeness (QED) is 0.293. The number of thiophene rings is 2. The molecule has 0 radical (unpaired) electrons. The van der Waals surface area contributed by atoms with Gasteiger partial charge in [0, 0.05) is 23.0 Å². The fourth-order valence-corrected chi connectivity index (χ4v) is 5.35. The zero-order chi connectivity index (χ0) is 20.9. The zero-order valence-corrected chi connectivity index (χ0v) is 19.0. The molecule has 0 unspecified atom stereocenters. The summed E-state index contributed by atoms with van der Waals surface area (Å²) in [4.78, 5) is 31.2. The van der Waals surface area contributed by atoms with Crippen LogP contribution >= 0.6 is 46.0 Å². The molecule has 0 spiro atoms. The van der Waals surface area contributed by atoms with Crippen LogP contribution in [0.15, 0.2) is 63.2 Å². The van der Waals surface area contributed by atoms with Crippen LogP contribution in [0.4, 0.5) is 0 Å². The van der Waals surface area contributed by atoms with Crippen LogP contribution in [-0.4, -0.2) is 21.2 Å². The average Bonchev–Trinajstić information content (AvgIpc) is 3.43. The molecule has 4 rings (SSSR count). The highest BCUT2D eigenvalue weighted by molar-refractivity contribution is 7.99. The molecule has 1 N–H and O–H groups in total. The van der Waals surface area contributed by atoms with Gasteiger partial charge in [-0.15, -0.1) is 22.7 Å². The number of carbonyl (C=O) groups is 1. The first-order chi connectivity index (χ1) is 14.6. The molecule has 0 saturated heterocycles. The maximum absolute atomic E-state index is 13.0. The standard InChI is InChI=1S/C21H18ClN3O2S3/c22-15-5-3-14(4-6-15)12-23-18(26)13-30-21-24-17-8-11-29-19(17)20(27)25(21)9-7-16-2-1-10-28-16/h1-6,8,10-11H,7,9,12-13H2,(H,23,26). The van der Waals surface area contributed by atoms with Crippen molar-refractivity contribution in [1.82, 2.24) is 14.9 Å². The Hall–Kier alpha value is -2.13. The summed E-state index contributed by atoms with van der Waals surface area (Å²) in [7, 11) is 0. The smallest absolute Gasteiger partial charge is 0.272 e. The molecule has 0 aliphatic rings. The minimum absolute atomic E-state index is 0.0457. The van der Waals surface area contributed by atoms with Gasteiger partial charge in [0.15, 0.2) is 5.16 Å². The lowest BCUT2D eigenvalue weighted by Gasteiger charge is -2.12. The summed E-state index contributed by atoms with van der Waals surface area (Å²) in [6, 6.07) is 13.3. The van der Waals surface area contributed by atoms with Gasteiger partial charge >= 0.3 is 0 Å². The molecule has 4 aromatic rings. The molecule has 0 aliphatic heterocycles. The third-order valence-electron chi connectivity index (χ3n) is 4.43. The molecule has 5 nitrogen and oxygen atoms in total. The lowest BCUT2D eigenvalue weighted by atomic mass is 10.2. The number of amides is 1. The molecule has 30 heavy (non-hydrogen) atoms. The molecular formula is C21H18ClN3O2S3. The average molecular weight is 476 g/mol. The van der Waals surface area contributed by atoms with Gasteiger partial charge in [-0.05, 0) is 47.0 Å². The van der Waals surface area contributed by atoms with Crippen molar-refractivity contribution >= 4 is 62.2 Å². The number of thioether (sulfide) groups is 1. The second-order valence-corrected chi connectivity index (χ2v) is 9.83. The van der Waals surface area contributed by atoms with Gasteiger partial charge in [-0.2, -0.15) is 0 Å². The number of aryl methyl sites for hydroxylation is 1. The van der Waals surface area contributed by atoms with E-state index >= 15 is 0 Å². The molecule has 0 aliphatic carbocycles. The molecule has 9 heteroatoms. The van der Waals surface area contributed by atoms with Crippen LogP contribution in [0.2, 0.25) is 5.02 Å². The third-order valence-corrected chi connectivity index (χ3v) is 7.48. The molecule has 154 valence electrons. The highest BCUT2D eigenvalue weighted by Gasteiger charge is 2.14. The molecule has 3 aromatic heterocycles. The van der Waals surface area contributed by atoms with Crippen molar-refractivity contribution < 1.29 is 4.79 Å². The van der Waals surface area contributed by atoms with Gasteiger partial charge in [-0.3, -0.25) is 14.2 Å². The highest BCUT2D eigenvalue weighted by atomic mass is 35.5. The van der Waals surface area contributed by atoms with Crippen molar-refractivity contribution in [3.8, 4) is 0 Å². The molecule has 1 amide bonds. The Balaban J connectivity index is 1.45. The monoisotopic (exact) mass is 475 g/mol. The molecule has 0 fully saturated rings. The van der Waals surface area contributed by atoms with Crippen molar-refractivity contribution in [2.24, 2.45) is 0 Å². The second-order valence-electron chi connectivity index (χ2n) is 6.51. The Morgan fingerprint density at radius 1 is 1.13 bits per heavy atom. The molecule has 3 heterocycles. The number of nitrogens with one attached hydrogen (secondary N) is 1. The maximum atomic E-state index is 13.0. The summed E-state index contributed by atoms with van der Waals surface area (Å²) < 4.78 is 2.34. The van der Waals surface area contributed by atoms with Gasteiger partial charge in [0.25, 0.3) is 5.56 Å². The Kier molecular flexibility index (Phi) is 6.89. The van der Waals surface area contributed by atoms with Crippen LogP contribution in [-0.2, 0) is 24.3 Å². The van der Waals surface area contributed by atoms with Gasteiger partial charge in [-0.25, -0.2) is 4.98 Å². The predicted molar refractivity (Wildman–Crippen MR) is 126 cm³/mol. The number of hydrogen-bond acceptors (Lipinski definition) is 6. The summed E-state index contributed by atoms with van der Waals surface area (Å²) in [5, 5.41) is 8.03. The normalized spacial score (nSPS) is 11.1. The Bertz CT molecular complexity index is 1200. The predicted octanol–water partition coefficient (Wildman–Crippen LogP) is 4.82. The molecular weight excluding hydrogens is 458 g/mol. The van der Waals surface area contributed by atoms with E-state index in [-0.39, 0.29) is 17.2 Å². The van der Waals surface area contributed by atoms with Crippen molar-refractivity contribution in [2.75, 3.05) is 5.75 Å². The van der Waals surface area contributed by atoms with Gasteiger partial charge < -0.3 is 5.32 Å². The summed E-state index contributed by atoms with van der Waals surface area (Å²) in [5.41, 5.74) is 1.61. The Morgan fingerprint density at radius 2 is 1.97 bits per heavy atom. The molecule has 0 saturated carbocycles. The minimum atomic E-state index is -0.112. The number of hydrogen-bond donors (Lipinski definition) is 1. The van der Waals surface area contributed by atoms with E-state index in [4.69, 9.17) is 11.6 Å². The van der Waals surface area contributed by atoms with E-state index in [0.29, 0.717) is 33.5 Å². The van der Waals surface area contributed by atoms with Gasteiger partial charge in [0.1, 0.15) is 4.70 Å². The van der Waals surface area contributed by atoms with E-state index in [0.717, 1.165) is 12.0 Å². The number of nitrogens with zero attached hydrogens (tertiary/aromatic N) is 2. The van der Waals surface area contributed by atoms with Crippen molar-refractivity contribution in [1.29, 1.82) is 0 Å². The van der Waals surface area contributed by atoms with Gasteiger partial charge in [-0.1, -0.05) is 41.6 Å². The Morgan fingerprint density at radius 3 is 2.73 bits per heavy atom. The number of carbonyl (C=O) groups excluding carboxylic acids is 1. The first-order valence-electron chi connectivity index (χ1n) is 9.24. The summed E-state index contributed by atoms with van der Waals surface area (Å²) >= 11 is 10.2. The van der Waals surface area contributed by atoms with E-state index in [2.05, 4.69) is 16.4 Å². The lowest BCUT2D eigenvalue weighted by Crippen LogP contribution is -2.27. The Labute approximate surface area is 190 Å². The number of fused-ring (bicyclic) bond motifs is 1. The van der Waals surface area contributed by atoms with E-state index < -0.39 is 0 Å². The minimum Gasteiger partial charge on any atom is -0.351 e. The number of halogens is 1. The first kappa shape index (κ1) is 21.1. The fraction of sp³-hybridized carbons (Fsp3) is 0.190. The van der Waals surface area contributed by atoms with E-state index in [1.807, 2.05) is 35.0 Å². The molecule has 0 bridgehead atoms. The van der Waals surface area contributed by atoms with Crippen LogP contribution in [0.1, 0.15) is 10.4 Å². The molecule has 0 atom stereocenters. The SMILES string of the molecule is O=C(CSc1nc2ccsc2c(=O)n1CCc1cccs1)NCc1ccc(Cl)cc1. The van der Waals surface area contributed by atoms with Crippen LogP contribution in [0.25, 0.3) is 10.2 Å². The largest absolute Gasteiger partial charge is 0.351 e. The van der Waals surface area contributed by atoms with E-state index in [9.17, 15) is 9.59 Å². The van der Waals surface area contributed by atoms with Crippen molar-refractivity contribution in [3.05, 3.63) is 79.0 Å². The second kappa shape index (κ2) is 9.78. The van der Waals surface area contributed by atoms with E-state index in [1.54, 1.807) is 28.0 Å². The lowest BCUT2D eigenvalue weighted by molar-refractivity contribution is -0.118. The van der Waals surface area contributed by atoms with Crippen LogP contribution in [0, 0.1) is 0 Å². The third kappa shape index (κ3) is 5.13. The number of aromatic nitrogens is 2. The number of benzene rings is 1. The number of rotatable bonds is 8. The fourth-order valence-electron chi connectivity index (χ4n) is 2.89. The first-order valence-corrected chi connectivity index (χ1v) is 12.4.